The molecule has 0 aliphatic carbocycles. The Labute approximate surface area is 235 Å². The summed E-state index contributed by atoms with van der Waals surface area (Å²) in [5.41, 5.74) is 3.33. The van der Waals surface area contributed by atoms with Crippen molar-refractivity contribution in [2.75, 3.05) is 0 Å². The first-order valence-corrected chi connectivity index (χ1v) is 13.8. The normalized spacial score (nSPS) is 12.8. The minimum Gasteiger partial charge on any atom is -0.343 e. The molecule has 0 aliphatic heterocycles. The van der Waals surface area contributed by atoms with Gasteiger partial charge < -0.3 is 10.6 Å². The Hall–Kier alpha value is -4.34. The van der Waals surface area contributed by atoms with Gasteiger partial charge in [-0.3, -0.25) is 19.0 Å². The lowest BCUT2D eigenvalue weighted by Gasteiger charge is -2.18. The molecule has 4 rings (SSSR count). The van der Waals surface area contributed by atoms with Crippen molar-refractivity contribution in [3.05, 3.63) is 95.6 Å². The maximum Gasteiger partial charge on any atom is 0.223 e. The van der Waals surface area contributed by atoms with Gasteiger partial charge in [-0.25, -0.2) is 0 Å². The highest BCUT2D eigenvalue weighted by Gasteiger charge is 2.22. The Kier molecular flexibility index (Phi) is 9.77. The summed E-state index contributed by atoms with van der Waals surface area (Å²) >= 11 is 0. The molecule has 0 spiro atoms. The lowest BCUT2D eigenvalue weighted by Crippen LogP contribution is -2.32. The van der Waals surface area contributed by atoms with Crippen LogP contribution in [0, 0.1) is 11.8 Å². The Balaban J connectivity index is 1.35. The summed E-state index contributed by atoms with van der Waals surface area (Å²) in [5.74, 6) is -0.330. The summed E-state index contributed by atoms with van der Waals surface area (Å²) in [4.78, 5) is 24.9. The van der Waals surface area contributed by atoms with Gasteiger partial charge in [0.15, 0.2) is 0 Å². The zero-order valence-electron chi connectivity index (χ0n) is 23.6. The van der Waals surface area contributed by atoms with Gasteiger partial charge >= 0.3 is 0 Å². The number of hydrogen-bond acceptors (Lipinski definition) is 6. The molecule has 10 nitrogen and oxygen atoms in total. The van der Waals surface area contributed by atoms with Crippen LogP contribution in [-0.4, -0.2) is 41.8 Å². The van der Waals surface area contributed by atoms with Crippen molar-refractivity contribution in [2.45, 2.75) is 65.7 Å². The van der Waals surface area contributed by atoms with Gasteiger partial charge in [-0.2, -0.15) is 0 Å². The largest absolute Gasteiger partial charge is 0.343 e. The quantitative estimate of drug-likeness (QED) is 0.246. The summed E-state index contributed by atoms with van der Waals surface area (Å²) in [6, 6.07) is 18.9. The second-order valence-corrected chi connectivity index (χ2v) is 10.5. The van der Waals surface area contributed by atoms with Crippen molar-refractivity contribution in [1.29, 1.82) is 0 Å². The van der Waals surface area contributed by atoms with E-state index in [1.165, 1.54) is 0 Å². The predicted octanol–water partition coefficient (Wildman–Crippen LogP) is 4.07. The van der Waals surface area contributed by atoms with E-state index >= 15 is 0 Å². The van der Waals surface area contributed by atoms with E-state index in [-0.39, 0.29) is 35.7 Å². The van der Waals surface area contributed by atoms with E-state index in [0.717, 1.165) is 24.0 Å². The SMILES string of the molecule is CC(C)C(=O)NC(c1ccccc1)c1cn(CCCCn2cc(C(NC(=O)C(C)C)c3ccccc3)nn2)nn1. The molecule has 4 aromatic rings. The fourth-order valence-corrected chi connectivity index (χ4v) is 4.22. The topological polar surface area (TPSA) is 120 Å². The lowest BCUT2D eigenvalue weighted by atomic mass is 10.0. The Morgan fingerprint density at radius 2 is 1.02 bits per heavy atom. The molecule has 0 radical (unpaired) electrons. The van der Waals surface area contributed by atoms with Gasteiger partial charge in [0.05, 0.1) is 24.5 Å². The summed E-state index contributed by atoms with van der Waals surface area (Å²) in [7, 11) is 0. The van der Waals surface area contributed by atoms with E-state index in [9.17, 15) is 9.59 Å². The van der Waals surface area contributed by atoms with E-state index in [0.29, 0.717) is 24.5 Å². The van der Waals surface area contributed by atoms with Gasteiger partial charge in [-0.15, -0.1) is 10.2 Å². The zero-order valence-corrected chi connectivity index (χ0v) is 23.6. The molecule has 40 heavy (non-hydrogen) atoms. The van der Waals surface area contributed by atoms with E-state index in [1.54, 1.807) is 0 Å². The minimum atomic E-state index is -0.354. The van der Waals surface area contributed by atoms with Crippen molar-refractivity contribution in [3.63, 3.8) is 0 Å². The summed E-state index contributed by atoms with van der Waals surface area (Å²) < 4.78 is 3.62. The van der Waals surface area contributed by atoms with Crippen LogP contribution in [0.2, 0.25) is 0 Å². The third-order valence-corrected chi connectivity index (χ3v) is 6.62. The van der Waals surface area contributed by atoms with Crippen LogP contribution >= 0.6 is 0 Å². The minimum absolute atomic E-state index is 0.0334. The first-order chi connectivity index (χ1) is 19.3. The van der Waals surface area contributed by atoms with Crippen LogP contribution in [0.25, 0.3) is 0 Å². The molecule has 0 bridgehead atoms. The van der Waals surface area contributed by atoms with Crippen LogP contribution in [0.5, 0.6) is 0 Å². The number of rotatable bonds is 13. The average molecular weight is 543 g/mol. The number of benzene rings is 2. The van der Waals surface area contributed by atoms with Crippen LogP contribution in [0.3, 0.4) is 0 Å². The van der Waals surface area contributed by atoms with Crippen molar-refractivity contribution in [3.8, 4) is 0 Å². The average Bonchev–Trinajstić information content (AvgIpc) is 3.63. The zero-order chi connectivity index (χ0) is 28.5. The highest BCUT2D eigenvalue weighted by Crippen LogP contribution is 2.22. The van der Waals surface area contributed by atoms with Gasteiger partial charge in [-0.1, -0.05) is 98.8 Å². The number of carbonyl (C=O) groups is 2. The van der Waals surface area contributed by atoms with E-state index in [2.05, 4.69) is 31.3 Å². The second-order valence-electron chi connectivity index (χ2n) is 10.5. The third-order valence-electron chi connectivity index (χ3n) is 6.62. The van der Waals surface area contributed by atoms with Crippen LogP contribution in [-0.2, 0) is 22.7 Å². The molecule has 0 saturated heterocycles. The van der Waals surface area contributed by atoms with Gasteiger partial charge in [0.25, 0.3) is 0 Å². The molecule has 2 N–H and O–H groups in total. The molecule has 210 valence electrons. The first kappa shape index (κ1) is 28.7. The van der Waals surface area contributed by atoms with Crippen molar-refractivity contribution >= 4 is 11.8 Å². The van der Waals surface area contributed by atoms with E-state index in [1.807, 2.05) is 110 Å². The van der Waals surface area contributed by atoms with Gasteiger partial charge in [0, 0.05) is 24.9 Å². The number of hydrogen-bond donors (Lipinski definition) is 2. The number of nitrogens with one attached hydrogen (secondary N) is 2. The molecule has 0 aliphatic rings. The number of nitrogens with zero attached hydrogens (tertiary/aromatic N) is 6. The lowest BCUT2D eigenvalue weighted by molar-refractivity contribution is -0.125. The molecule has 2 atom stereocenters. The van der Waals surface area contributed by atoms with Crippen molar-refractivity contribution in [1.82, 2.24) is 40.6 Å². The van der Waals surface area contributed by atoms with Gasteiger partial charge in [-0.05, 0) is 24.0 Å². The Bertz CT molecular complexity index is 1260. The molecular weight excluding hydrogens is 504 g/mol. The van der Waals surface area contributed by atoms with E-state index < -0.39 is 0 Å². The third kappa shape index (κ3) is 7.62. The summed E-state index contributed by atoms with van der Waals surface area (Å²) in [6.07, 6.45) is 5.51. The number of amides is 2. The molecule has 10 heteroatoms. The monoisotopic (exact) mass is 542 g/mol. The van der Waals surface area contributed by atoms with Gasteiger partial charge in [0.1, 0.15) is 11.4 Å². The second kappa shape index (κ2) is 13.6. The number of unbranched alkanes of at least 4 members (excludes halogenated alkanes) is 1. The molecule has 2 unspecified atom stereocenters. The van der Waals surface area contributed by atoms with Crippen LogP contribution in [0.4, 0.5) is 0 Å². The Morgan fingerprint density at radius 3 is 1.38 bits per heavy atom. The molecule has 2 aromatic carbocycles. The fourth-order valence-electron chi connectivity index (χ4n) is 4.22. The van der Waals surface area contributed by atoms with Crippen LogP contribution < -0.4 is 10.6 Å². The first-order valence-electron chi connectivity index (χ1n) is 13.8. The maximum atomic E-state index is 12.5. The molecule has 2 aromatic heterocycles. The van der Waals surface area contributed by atoms with Gasteiger partial charge in [0.2, 0.25) is 11.8 Å². The molecule has 0 fully saturated rings. The maximum absolute atomic E-state index is 12.5. The highest BCUT2D eigenvalue weighted by molar-refractivity contribution is 5.79. The van der Waals surface area contributed by atoms with E-state index in [4.69, 9.17) is 0 Å². The number of carbonyl (C=O) groups excluding carboxylic acids is 2. The standard InChI is InChI=1S/C30H38N8O2/c1-21(2)29(39)31-27(23-13-7-5-8-14-23)25-19-37(35-33-25)17-11-12-18-38-20-26(34-36-38)28(32-30(40)22(3)4)24-15-9-6-10-16-24/h5-10,13-16,19-22,27-28H,11-12,17-18H2,1-4H3,(H,31,39)(H,32,40). The van der Waals surface area contributed by atoms with Crippen molar-refractivity contribution < 1.29 is 9.59 Å². The number of aromatic nitrogens is 6. The molecule has 2 amide bonds. The smallest absolute Gasteiger partial charge is 0.223 e. The Morgan fingerprint density at radius 1 is 0.650 bits per heavy atom. The fraction of sp³-hybridized carbons (Fsp3) is 0.400. The highest BCUT2D eigenvalue weighted by atomic mass is 16.2. The predicted molar refractivity (Wildman–Crippen MR) is 152 cm³/mol. The molecule has 2 heterocycles. The van der Waals surface area contributed by atoms with Crippen LogP contribution in [0.1, 0.15) is 75.1 Å². The van der Waals surface area contributed by atoms with Crippen molar-refractivity contribution in [2.24, 2.45) is 11.8 Å². The summed E-state index contributed by atoms with van der Waals surface area (Å²) in [6.45, 7) is 8.86. The van der Waals surface area contributed by atoms with Crippen LogP contribution in [0.15, 0.2) is 73.1 Å². The molecular formula is C30H38N8O2. The summed E-state index contributed by atoms with van der Waals surface area (Å²) in [5, 5.41) is 23.5. The number of aryl methyl sites for hydroxylation is 2. The molecule has 0 saturated carbocycles.